The Labute approximate surface area is 101 Å². The van der Waals surface area contributed by atoms with E-state index in [9.17, 15) is 4.79 Å². The van der Waals surface area contributed by atoms with Crippen LogP contribution in [0.4, 0.5) is 0 Å². The van der Waals surface area contributed by atoms with Crippen molar-refractivity contribution in [2.24, 2.45) is 5.41 Å². The van der Waals surface area contributed by atoms with E-state index in [1.165, 1.54) is 0 Å². The first kappa shape index (κ1) is 13.3. The number of hydrogen-bond donors (Lipinski definition) is 0. The maximum absolute atomic E-state index is 11.8. The highest BCUT2D eigenvalue weighted by molar-refractivity contribution is 7.09. The fourth-order valence-corrected chi connectivity index (χ4v) is 1.90. The molecule has 0 amide bonds. The summed E-state index contributed by atoms with van der Waals surface area (Å²) >= 11 is 1.65. The molecule has 90 valence electrons. The number of hydrogen-bond acceptors (Lipinski definition) is 4. The number of thiazole rings is 1. The zero-order chi connectivity index (χ0) is 12.3. The highest BCUT2D eigenvalue weighted by Gasteiger charge is 2.22. The van der Waals surface area contributed by atoms with Gasteiger partial charge >= 0.3 is 0 Å². The molecule has 0 bridgehead atoms. The van der Waals surface area contributed by atoms with Crippen molar-refractivity contribution in [3.05, 3.63) is 16.1 Å². The van der Waals surface area contributed by atoms with Crippen LogP contribution in [0.2, 0.25) is 0 Å². The molecule has 1 aromatic heterocycles. The molecule has 0 aliphatic carbocycles. The zero-order valence-electron chi connectivity index (χ0n) is 10.7. The van der Waals surface area contributed by atoms with Crippen molar-refractivity contribution < 1.29 is 4.79 Å². The molecule has 1 aromatic rings. The maximum Gasteiger partial charge on any atom is 0.152 e. The van der Waals surface area contributed by atoms with Gasteiger partial charge in [0.2, 0.25) is 0 Å². The Morgan fingerprint density at radius 2 is 2.12 bits per heavy atom. The molecule has 0 aromatic carbocycles. The van der Waals surface area contributed by atoms with Crippen molar-refractivity contribution in [3.8, 4) is 0 Å². The second-order valence-corrected chi connectivity index (χ2v) is 6.27. The highest BCUT2D eigenvalue weighted by Crippen LogP contribution is 2.16. The third-order valence-corrected chi connectivity index (χ3v) is 3.17. The van der Waals surface area contributed by atoms with Gasteiger partial charge in [-0.25, -0.2) is 4.98 Å². The third kappa shape index (κ3) is 4.02. The Balaban J connectivity index is 2.48. The molecule has 1 rings (SSSR count). The van der Waals surface area contributed by atoms with Crippen LogP contribution in [0.15, 0.2) is 5.38 Å². The van der Waals surface area contributed by atoms with Crippen LogP contribution >= 0.6 is 11.3 Å². The van der Waals surface area contributed by atoms with Crippen molar-refractivity contribution in [2.45, 2.75) is 34.2 Å². The van der Waals surface area contributed by atoms with Crippen molar-refractivity contribution in [1.29, 1.82) is 0 Å². The summed E-state index contributed by atoms with van der Waals surface area (Å²) in [6.07, 6.45) is 0. The first-order valence-electron chi connectivity index (χ1n) is 5.42. The number of carbonyl (C=O) groups is 1. The fourth-order valence-electron chi connectivity index (χ4n) is 1.30. The summed E-state index contributed by atoms with van der Waals surface area (Å²) in [7, 11) is 1.96. The monoisotopic (exact) mass is 240 g/mol. The van der Waals surface area contributed by atoms with E-state index in [-0.39, 0.29) is 11.2 Å². The van der Waals surface area contributed by atoms with Crippen LogP contribution in [-0.2, 0) is 11.3 Å². The van der Waals surface area contributed by atoms with Crippen LogP contribution in [0.5, 0.6) is 0 Å². The van der Waals surface area contributed by atoms with Gasteiger partial charge in [-0.15, -0.1) is 11.3 Å². The van der Waals surface area contributed by atoms with E-state index >= 15 is 0 Å². The van der Waals surface area contributed by atoms with E-state index in [0.717, 1.165) is 17.2 Å². The minimum absolute atomic E-state index is 0.258. The summed E-state index contributed by atoms with van der Waals surface area (Å²) < 4.78 is 0. The predicted molar refractivity (Wildman–Crippen MR) is 67.6 cm³/mol. The number of rotatable bonds is 4. The van der Waals surface area contributed by atoms with E-state index in [4.69, 9.17) is 0 Å². The number of Topliss-reactive ketones (excluding diaryl/α,β-unsaturated/α-hetero) is 1. The van der Waals surface area contributed by atoms with Crippen LogP contribution in [0, 0.1) is 12.3 Å². The summed E-state index contributed by atoms with van der Waals surface area (Å²) in [6, 6.07) is 0. The molecule has 3 nitrogen and oxygen atoms in total. The minimum atomic E-state index is -0.258. The molecule has 0 aliphatic rings. The van der Waals surface area contributed by atoms with E-state index in [2.05, 4.69) is 4.98 Å². The molecule has 0 fully saturated rings. The molecule has 0 atom stereocenters. The lowest BCUT2D eigenvalue weighted by atomic mass is 9.90. The highest BCUT2D eigenvalue weighted by atomic mass is 32.1. The number of ketones is 1. The SMILES string of the molecule is Cc1nc(CN(C)CC(=O)C(C)(C)C)cs1. The van der Waals surface area contributed by atoms with Gasteiger partial charge in [-0.2, -0.15) is 0 Å². The molecule has 16 heavy (non-hydrogen) atoms. The van der Waals surface area contributed by atoms with E-state index in [0.29, 0.717) is 6.54 Å². The molecule has 0 spiro atoms. The van der Waals surface area contributed by atoms with E-state index in [1.807, 2.05) is 45.0 Å². The quantitative estimate of drug-likeness (QED) is 0.810. The fraction of sp³-hybridized carbons (Fsp3) is 0.667. The van der Waals surface area contributed by atoms with E-state index in [1.54, 1.807) is 11.3 Å². The van der Waals surface area contributed by atoms with Crippen LogP contribution in [0.3, 0.4) is 0 Å². The number of likely N-dealkylation sites (N-methyl/N-ethyl adjacent to an activating group) is 1. The number of aryl methyl sites for hydroxylation is 1. The minimum Gasteiger partial charge on any atom is -0.298 e. The average molecular weight is 240 g/mol. The standard InChI is InChI=1S/C12H20N2OS/c1-9-13-10(8-16-9)6-14(5)7-11(15)12(2,3)4/h8H,6-7H2,1-5H3. The predicted octanol–water partition coefficient (Wildman–Crippen LogP) is 2.50. The number of nitrogens with zero attached hydrogens (tertiary/aromatic N) is 2. The van der Waals surface area contributed by atoms with Gasteiger partial charge in [-0.3, -0.25) is 9.69 Å². The van der Waals surface area contributed by atoms with E-state index < -0.39 is 0 Å². The average Bonchev–Trinajstić information content (AvgIpc) is 2.49. The molecular formula is C12H20N2OS. The van der Waals surface area contributed by atoms with Gasteiger partial charge in [0, 0.05) is 17.3 Å². The smallest absolute Gasteiger partial charge is 0.152 e. The van der Waals surface area contributed by atoms with Crippen molar-refractivity contribution in [1.82, 2.24) is 9.88 Å². The lowest BCUT2D eigenvalue weighted by Gasteiger charge is -2.21. The number of carbonyl (C=O) groups excluding carboxylic acids is 1. The van der Waals surface area contributed by atoms with Gasteiger partial charge in [-0.05, 0) is 14.0 Å². The largest absolute Gasteiger partial charge is 0.298 e. The van der Waals surface area contributed by atoms with Crippen LogP contribution in [0.1, 0.15) is 31.5 Å². The van der Waals surface area contributed by atoms with Gasteiger partial charge in [0.05, 0.1) is 17.2 Å². The lowest BCUT2D eigenvalue weighted by Crippen LogP contribution is -2.33. The second kappa shape index (κ2) is 5.06. The maximum atomic E-state index is 11.8. The van der Waals surface area contributed by atoms with Crippen molar-refractivity contribution in [2.75, 3.05) is 13.6 Å². The molecule has 0 saturated carbocycles. The Morgan fingerprint density at radius 1 is 1.50 bits per heavy atom. The van der Waals surface area contributed by atoms with Gasteiger partial charge in [-0.1, -0.05) is 20.8 Å². The third-order valence-electron chi connectivity index (χ3n) is 2.35. The number of aromatic nitrogens is 1. The molecule has 1 heterocycles. The Bertz CT molecular complexity index is 365. The molecule has 0 radical (unpaired) electrons. The van der Waals surface area contributed by atoms with Crippen LogP contribution in [-0.4, -0.2) is 29.3 Å². The first-order valence-corrected chi connectivity index (χ1v) is 6.30. The molecule has 4 heteroatoms. The summed E-state index contributed by atoms with van der Waals surface area (Å²) in [5, 5.41) is 3.12. The molecule has 0 N–H and O–H groups in total. The molecule has 0 aliphatic heterocycles. The summed E-state index contributed by atoms with van der Waals surface area (Å²) in [5.41, 5.74) is 0.790. The second-order valence-electron chi connectivity index (χ2n) is 5.20. The zero-order valence-corrected chi connectivity index (χ0v) is 11.5. The van der Waals surface area contributed by atoms with Crippen molar-refractivity contribution >= 4 is 17.1 Å². The van der Waals surface area contributed by atoms with Crippen LogP contribution in [0.25, 0.3) is 0 Å². The van der Waals surface area contributed by atoms with Gasteiger partial charge in [0.25, 0.3) is 0 Å². The Kier molecular flexibility index (Phi) is 4.21. The lowest BCUT2D eigenvalue weighted by molar-refractivity contribution is -0.127. The summed E-state index contributed by atoms with van der Waals surface area (Å²) in [6.45, 7) is 9.09. The first-order chi connectivity index (χ1) is 7.29. The molecule has 0 unspecified atom stereocenters. The molecule has 0 saturated heterocycles. The Morgan fingerprint density at radius 3 is 2.56 bits per heavy atom. The van der Waals surface area contributed by atoms with Gasteiger partial charge < -0.3 is 0 Å². The van der Waals surface area contributed by atoms with Gasteiger partial charge in [0.1, 0.15) is 0 Å². The Hall–Kier alpha value is -0.740. The van der Waals surface area contributed by atoms with Gasteiger partial charge in [0.15, 0.2) is 5.78 Å². The molecular weight excluding hydrogens is 220 g/mol. The summed E-state index contributed by atoms with van der Waals surface area (Å²) in [5.74, 6) is 0.266. The summed E-state index contributed by atoms with van der Waals surface area (Å²) in [4.78, 5) is 18.2. The normalized spacial score (nSPS) is 12.1. The van der Waals surface area contributed by atoms with Crippen molar-refractivity contribution in [3.63, 3.8) is 0 Å². The topological polar surface area (TPSA) is 33.2 Å². The van der Waals surface area contributed by atoms with Crippen LogP contribution < -0.4 is 0 Å².